The van der Waals surface area contributed by atoms with Crippen molar-refractivity contribution in [2.45, 2.75) is 11.8 Å². The molecule has 0 amide bonds. The Labute approximate surface area is 133 Å². The number of nitrogens with one attached hydrogen (secondary N) is 1. The zero-order valence-electron chi connectivity index (χ0n) is 11.7. The summed E-state index contributed by atoms with van der Waals surface area (Å²) in [6.45, 7) is 1.89. The third-order valence-electron chi connectivity index (χ3n) is 3.23. The summed E-state index contributed by atoms with van der Waals surface area (Å²) < 4.78 is 27.3. The molecule has 0 saturated carbocycles. The van der Waals surface area contributed by atoms with E-state index in [-0.39, 0.29) is 4.90 Å². The van der Waals surface area contributed by atoms with Crippen LogP contribution in [0.4, 0.5) is 5.69 Å². The van der Waals surface area contributed by atoms with Gasteiger partial charge in [-0.05, 0) is 54.8 Å². The molecule has 0 bridgehead atoms. The number of benzene rings is 2. The van der Waals surface area contributed by atoms with E-state index in [0.29, 0.717) is 10.7 Å². The first kappa shape index (κ1) is 14.8. The molecule has 0 saturated heterocycles. The number of hydrogen-bond donors (Lipinski definition) is 1. The monoisotopic (exact) mass is 332 g/mol. The molecular formula is C16H13ClN2O2S. The number of hydrogen-bond acceptors (Lipinski definition) is 3. The Morgan fingerprint density at radius 1 is 1.00 bits per heavy atom. The summed E-state index contributed by atoms with van der Waals surface area (Å²) in [6.07, 6.45) is 1.77. The van der Waals surface area contributed by atoms with Crippen LogP contribution in [-0.4, -0.2) is 13.4 Å². The van der Waals surface area contributed by atoms with Gasteiger partial charge in [-0.1, -0.05) is 17.7 Å². The lowest BCUT2D eigenvalue weighted by molar-refractivity contribution is 0.601. The third kappa shape index (κ3) is 3.05. The van der Waals surface area contributed by atoms with Crippen LogP contribution in [0.15, 0.2) is 59.6 Å². The van der Waals surface area contributed by atoms with Crippen molar-refractivity contribution in [1.82, 2.24) is 4.98 Å². The lowest BCUT2D eigenvalue weighted by Crippen LogP contribution is -2.12. The van der Waals surface area contributed by atoms with Gasteiger partial charge in [-0.25, -0.2) is 8.42 Å². The topological polar surface area (TPSA) is 59.1 Å². The Balaban J connectivity index is 1.96. The third-order valence-corrected chi connectivity index (χ3v) is 4.88. The fraction of sp³-hybridized carbons (Fsp3) is 0.0625. The predicted octanol–water partition coefficient (Wildman–Crippen LogP) is 4.00. The van der Waals surface area contributed by atoms with E-state index in [1.54, 1.807) is 30.5 Å². The summed E-state index contributed by atoms with van der Waals surface area (Å²) in [5.41, 5.74) is 1.39. The number of nitrogens with zero attached hydrogens (tertiary/aromatic N) is 1. The van der Waals surface area contributed by atoms with Gasteiger partial charge in [-0.2, -0.15) is 0 Å². The molecule has 0 unspecified atom stereocenters. The summed E-state index contributed by atoms with van der Waals surface area (Å²) in [7, 11) is -3.63. The molecule has 2 aromatic carbocycles. The van der Waals surface area contributed by atoms with Crippen LogP contribution in [0.3, 0.4) is 0 Å². The van der Waals surface area contributed by atoms with Gasteiger partial charge in [0, 0.05) is 28.0 Å². The van der Waals surface area contributed by atoms with Crippen molar-refractivity contribution < 1.29 is 8.42 Å². The molecular weight excluding hydrogens is 320 g/mol. The van der Waals surface area contributed by atoms with Crippen LogP contribution < -0.4 is 4.72 Å². The summed E-state index contributed by atoms with van der Waals surface area (Å²) in [5.74, 6) is 0. The average Bonchev–Trinajstić information content (AvgIpc) is 2.47. The van der Waals surface area contributed by atoms with E-state index in [1.165, 1.54) is 12.1 Å². The molecule has 0 aliphatic heterocycles. The smallest absolute Gasteiger partial charge is 0.261 e. The van der Waals surface area contributed by atoms with Crippen molar-refractivity contribution in [3.63, 3.8) is 0 Å². The van der Waals surface area contributed by atoms with Crippen LogP contribution in [0.1, 0.15) is 5.69 Å². The van der Waals surface area contributed by atoms with E-state index in [4.69, 9.17) is 11.6 Å². The molecule has 22 heavy (non-hydrogen) atoms. The van der Waals surface area contributed by atoms with Crippen molar-refractivity contribution in [1.29, 1.82) is 0 Å². The van der Waals surface area contributed by atoms with Crippen LogP contribution in [0.25, 0.3) is 10.8 Å². The largest absolute Gasteiger partial charge is 0.280 e. The van der Waals surface area contributed by atoms with E-state index in [0.717, 1.165) is 16.5 Å². The molecule has 0 aliphatic rings. The molecule has 1 aromatic heterocycles. The molecule has 3 aromatic rings. The van der Waals surface area contributed by atoms with Crippen molar-refractivity contribution in [2.75, 3.05) is 4.72 Å². The molecule has 0 atom stereocenters. The predicted molar refractivity (Wildman–Crippen MR) is 88.7 cm³/mol. The van der Waals surface area contributed by atoms with Gasteiger partial charge < -0.3 is 0 Å². The molecule has 4 nitrogen and oxygen atoms in total. The second-order valence-electron chi connectivity index (χ2n) is 4.95. The van der Waals surface area contributed by atoms with E-state index in [9.17, 15) is 8.42 Å². The van der Waals surface area contributed by atoms with Crippen LogP contribution in [0, 0.1) is 6.92 Å². The Morgan fingerprint density at radius 3 is 2.45 bits per heavy atom. The molecule has 0 radical (unpaired) electrons. The number of aryl methyl sites for hydroxylation is 1. The van der Waals surface area contributed by atoms with Gasteiger partial charge in [-0.15, -0.1) is 0 Å². The molecule has 0 fully saturated rings. The minimum atomic E-state index is -3.63. The number of anilines is 1. The van der Waals surface area contributed by atoms with Gasteiger partial charge in [0.1, 0.15) is 0 Å². The number of rotatable bonds is 3. The van der Waals surface area contributed by atoms with Crippen LogP contribution in [-0.2, 0) is 10.0 Å². The summed E-state index contributed by atoms with van der Waals surface area (Å²) >= 11 is 5.78. The highest BCUT2D eigenvalue weighted by Crippen LogP contribution is 2.22. The molecule has 112 valence electrons. The van der Waals surface area contributed by atoms with E-state index in [2.05, 4.69) is 9.71 Å². The average molecular weight is 333 g/mol. The Hall–Kier alpha value is -2.11. The lowest BCUT2D eigenvalue weighted by atomic mass is 10.1. The van der Waals surface area contributed by atoms with Crippen LogP contribution in [0.2, 0.25) is 5.02 Å². The van der Waals surface area contributed by atoms with Gasteiger partial charge in [0.25, 0.3) is 10.0 Å². The number of fused-ring (bicyclic) bond motifs is 1. The number of halogens is 1. The van der Waals surface area contributed by atoms with Gasteiger partial charge in [0.15, 0.2) is 0 Å². The van der Waals surface area contributed by atoms with E-state index in [1.807, 2.05) is 19.1 Å². The molecule has 6 heteroatoms. The van der Waals surface area contributed by atoms with Gasteiger partial charge in [-0.3, -0.25) is 9.71 Å². The summed E-state index contributed by atoms with van der Waals surface area (Å²) in [6, 6.07) is 13.3. The Morgan fingerprint density at radius 2 is 1.73 bits per heavy atom. The van der Waals surface area contributed by atoms with Crippen molar-refractivity contribution in [3.05, 3.63) is 65.4 Å². The summed E-state index contributed by atoms with van der Waals surface area (Å²) in [5, 5.41) is 2.39. The minimum Gasteiger partial charge on any atom is -0.280 e. The highest BCUT2D eigenvalue weighted by Gasteiger charge is 2.14. The van der Waals surface area contributed by atoms with Crippen molar-refractivity contribution in [3.8, 4) is 0 Å². The maximum atomic E-state index is 12.3. The Bertz CT molecular complexity index is 938. The number of pyridine rings is 1. The van der Waals surface area contributed by atoms with Crippen LogP contribution >= 0.6 is 11.6 Å². The van der Waals surface area contributed by atoms with Gasteiger partial charge in [0.05, 0.1) is 4.90 Å². The zero-order chi connectivity index (χ0) is 15.7. The number of aromatic nitrogens is 1. The first-order valence-electron chi connectivity index (χ1n) is 6.59. The zero-order valence-corrected chi connectivity index (χ0v) is 13.3. The summed E-state index contributed by atoms with van der Waals surface area (Å²) in [4.78, 5) is 4.39. The molecule has 1 heterocycles. The lowest BCUT2D eigenvalue weighted by Gasteiger charge is -2.09. The second kappa shape index (κ2) is 5.59. The van der Waals surface area contributed by atoms with E-state index < -0.39 is 10.0 Å². The van der Waals surface area contributed by atoms with Crippen molar-refractivity contribution in [2.24, 2.45) is 0 Å². The minimum absolute atomic E-state index is 0.169. The quantitative estimate of drug-likeness (QED) is 0.788. The SMILES string of the molecule is Cc1cc2cc(NS(=O)(=O)c3ccc(Cl)cc3)ccc2cn1. The highest BCUT2D eigenvalue weighted by atomic mass is 35.5. The van der Waals surface area contributed by atoms with Gasteiger partial charge in [0.2, 0.25) is 0 Å². The maximum Gasteiger partial charge on any atom is 0.261 e. The fourth-order valence-corrected chi connectivity index (χ4v) is 3.32. The molecule has 3 rings (SSSR count). The van der Waals surface area contributed by atoms with Crippen LogP contribution in [0.5, 0.6) is 0 Å². The highest BCUT2D eigenvalue weighted by molar-refractivity contribution is 7.92. The fourth-order valence-electron chi connectivity index (χ4n) is 2.14. The van der Waals surface area contributed by atoms with E-state index >= 15 is 0 Å². The molecule has 1 N–H and O–H groups in total. The first-order valence-corrected chi connectivity index (χ1v) is 8.45. The van der Waals surface area contributed by atoms with Gasteiger partial charge >= 0.3 is 0 Å². The standard InChI is InChI=1S/C16H13ClN2O2S/c1-11-8-13-9-15(5-2-12(13)10-18-11)19-22(20,21)16-6-3-14(17)4-7-16/h2-10,19H,1H3. The first-order chi connectivity index (χ1) is 10.4. The normalized spacial score (nSPS) is 11.5. The molecule has 0 aliphatic carbocycles. The number of sulfonamides is 1. The Kier molecular flexibility index (Phi) is 3.76. The van der Waals surface area contributed by atoms with Crippen molar-refractivity contribution >= 4 is 38.1 Å². The second-order valence-corrected chi connectivity index (χ2v) is 7.07. The molecule has 0 spiro atoms. The maximum absolute atomic E-state index is 12.3.